The molecule has 0 fully saturated rings. The van der Waals surface area contributed by atoms with Gasteiger partial charge in [-0.25, -0.2) is 4.98 Å². The second-order valence-electron chi connectivity index (χ2n) is 6.80. The van der Waals surface area contributed by atoms with Crippen molar-refractivity contribution in [1.29, 1.82) is 5.26 Å². The Hall–Kier alpha value is -3.55. The number of benzene rings is 3. The number of halogens is 1. The Morgan fingerprint density at radius 1 is 1.10 bits per heavy atom. The molecule has 0 atom stereocenters. The van der Waals surface area contributed by atoms with Crippen molar-refractivity contribution in [1.82, 2.24) is 9.55 Å². The predicted octanol–water partition coefficient (Wildman–Crippen LogP) is 6.35. The van der Waals surface area contributed by atoms with Crippen molar-refractivity contribution < 1.29 is 4.74 Å². The van der Waals surface area contributed by atoms with E-state index in [1.165, 1.54) is 0 Å². The van der Waals surface area contributed by atoms with Crippen molar-refractivity contribution >= 4 is 34.3 Å². The molecule has 0 radical (unpaired) electrons. The molecule has 4 rings (SSSR count). The number of nitrogens with zero attached hydrogens (tertiary/aromatic N) is 3. The van der Waals surface area contributed by atoms with E-state index in [0.717, 1.165) is 28.7 Å². The van der Waals surface area contributed by atoms with Crippen LogP contribution in [0.4, 0.5) is 0 Å². The molecule has 1 heterocycles. The second kappa shape index (κ2) is 8.86. The lowest BCUT2D eigenvalue weighted by Gasteiger charge is -2.09. The van der Waals surface area contributed by atoms with E-state index in [9.17, 15) is 5.26 Å². The number of nitriles is 1. The van der Waals surface area contributed by atoms with Gasteiger partial charge in [0, 0.05) is 6.54 Å². The van der Waals surface area contributed by atoms with Gasteiger partial charge in [0.05, 0.1) is 21.6 Å². The first kappa shape index (κ1) is 19.8. The molecular weight excluding hydrogens is 394 g/mol. The van der Waals surface area contributed by atoms with E-state index in [-0.39, 0.29) is 0 Å². The van der Waals surface area contributed by atoms with Gasteiger partial charge in [-0.2, -0.15) is 5.26 Å². The van der Waals surface area contributed by atoms with Crippen LogP contribution in [-0.2, 0) is 13.2 Å². The van der Waals surface area contributed by atoms with Crippen LogP contribution >= 0.6 is 11.6 Å². The van der Waals surface area contributed by atoms with Gasteiger partial charge in [-0.1, -0.05) is 60.1 Å². The fourth-order valence-corrected chi connectivity index (χ4v) is 3.62. The van der Waals surface area contributed by atoms with Gasteiger partial charge >= 0.3 is 0 Å². The number of allylic oxidation sites excluding steroid dienone is 1. The SMILES string of the molecule is CCn1c(/C(C#N)=C\c2ccc(OCc3ccccc3)c(Cl)c2)nc2ccccc21. The van der Waals surface area contributed by atoms with Crippen LogP contribution in [0.3, 0.4) is 0 Å². The average Bonchev–Trinajstić information content (AvgIpc) is 3.16. The fourth-order valence-electron chi connectivity index (χ4n) is 3.37. The van der Waals surface area contributed by atoms with Crippen molar-refractivity contribution in [3.63, 3.8) is 0 Å². The maximum absolute atomic E-state index is 9.79. The Morgan fingerprint density at radius 3 is 2.60 bits per heavy atom. The molecule has 0 aliphatic rings. The Bertz CT molecular complexity index is 1250. The van der Waals surface area contributed by atoms with Crippen molar-refractivity contribution in [2.24, 2.45) is 0 Å². The number of para-hydroxylation sites is 2. The molecule has 0 aliphatic carbocycles. The van der Waals surface area contributed by atoms with Crippen LogP contribution in [0, 0.1) is 11.3 Å². The van der Waals surface area contributed by atoms with Crippen molar-refractivity contribution in [2.75, 3.05) is 0 Å². The van der Waals surface area contributed by atoms with Crippen LogP contribution < -0.4 is 4.74 Å². The van der Waals surface area contributed by atoms with Gasteiger partial charge in [0.2, 0.25) is 0 Å². The monoisotopic (exact) mass is 413 g/mol. The van der Waals surface area contributed by atoms with Gasteiger partial charge < -0.3 is 9.30 Å². The molecule has 5 heteroatoms. The highest BCUT2D eigenvalue weighted by Gasteiger charge is 2.14. The van der Waals surface area contributed by atoms with Crippen LogP contribution in [0.2, 0.25) is 5.02 Å². The van der Waals surface area contributed by atoms with E-state index >= 15 is 0 Å². The van der Waals surface area contributed by atoms with E-state index in [0.29, 0.717) is 28.8 Å². The van der Waals surface area contributed by atoms with Gasteiger partial charge in [-0.05, 0) is 48.4 Å². The number of aryl methyl sites for hydroxylation is 1. The van der Waals surface area contributed by atoms with Crippen LogP contribution in [-0.4, -0.2) is 9.55 Å². The molecule has 0 saturated carbocycles. The van der Waals surface area contributed by atoms with E-state index in [4.69, 9.17) is 16.3 Å². The Labute approximate surface area is 180 Å². The van der Waals surface area contributed by atoms with Crippen LogP contribution in [0.1, 0.15) is 23.9 Å². The standard InChI is InChI=1S/C25H20ClN3O/c1-2-29-23-11-7-6-10-22(23)28-25(29)20(16-27)14-19-12-13-24(21(26)15-19)30-17-18-8-4-3-5-9-18/h3-15H,2,17H2,1H3/b20-14-. The number of hydrogen-bond acceptors (Lipinski definition) is 3. The molecule has 148 valence electrons. The maximum Gasteiger partial charge on any atom is 0.151 e. The molecule has 4 nitrogen and oxygen atoms in total. The predicted molar refractivity (Wildman–Crippen MR) is 121 cm³/mol. The Kier molecular flexibility index (Phi) is 5.83. The summed E-state index contributed by atoms with van der Waals surface area (Å²) < 4.78 is 7.88. The first-order valence-electron chi connectivity index (χ1n) is 9.73. The fraction of sp³-hybridized carbons (Fsp3) is 0.120. The zero-order valence-corrected chi connectivity index (χ0v) is 17.3. The molecule has 0 aliphatic heterocycles. The van der Waals surface area contributed by atoms with Gasteiger partial charge in [0.1, 0.15) is 18.4 Å². The number of ether oxygens (including phenoxy) is 1. The zero-order valence-electron chi connectivity index (χ0n) is 16.5. The molecule has 0 spiro atoms. The highest BCUT2D eigenvalue weighted by molar-refractivity contribution is 6.32. The second-order valence-corrected chi connectivity index (χ2v) is 7.21. The summed E-state index contributed by atoms with van der Waals surface area (Å²) in [7, 11) is 0. The zero-order chi connectivity index (χ0) is 20.9. The van der Waals surface area contributed by atoms with Crippen molar-refractivity contribution in [3.8, 4) is 11.8 Å². The highest BCUT2D eigenvalue weighted by atomic mass is 35.5. The maximum atomic E-state index is 9.79. The third kappa shape index (κ3) is 4.07. The van der Waals surface area contributed by atoms with Gasteiger partial charge in [0.15, 0.2) is 5.82 Å². The number of aromatic nitrogens is 2. The minimum absolute atomic E-state index is 0.444. The molecule has 4 aromatic rings. The molecule has 3 aromatic carbocycles. The summed E-state index contributed by atoms with van der Waals surface area (Å²) in [5.41, 5.74) is 4.26. The lowest BCUT2D eigenvalue weighted by molar-refractivity contribution is 0.306. The molecule has 0 N–H and O–H groups in total. The van der Waals surface area contributed by atoms with E-state index < -0.39 is 0 Å². The number of fused-ring (bicyclic) bond motifs is 1. The largest absolute Gasteiger partial charge is 0.487 e. The summed E-state index contributed by atoms with van der Waals surface area (Å²) in [5.74, 6) is 1.26. The average molecular weight is 414 g/mol. The third-order valence-corrected chi connectivity index (χ3v) is 5.13. The molecule has 0 saturated heterocycles. The van der Waals surface area contributed by atoms with Crippen LogP contribution in [0.5, 0.6) is 5.75 Å². The quantitative estimate of drug-likeness (QED) is 0.346. The smallest absolute Gasteiger partial charge is 0.151 e. The molecule has 0 unspecified atom stereocenters. The summed E-state index contributed by atoms with van der Waals surface area (Å²) in [6.07, 6.45) is 1.81. The highest BCUT2D eigenvalue weighted by Crippen LogP contribution is 2.29. The third-order valence-electron chi connectivity index (χ3n) is 4.84. The normalized spacial score (nSPS) is 11.4. The van der Waals surface area contributed by atoms with Crippen LogP contribution in [0.15, 0.2) is 72.8 Å². The summed E-state index contributed by atoms with van der Waals surface area (Å²) in [6, 6.07) is 25.6. The summed E-state index contributed by atoms with van der Waals surface area (Å²) in [4.78, 5) is 4.67. The molecular formula is C25H20ClN3O. The Balaban J connectivity index is 1.62. The van der Waals surface area contributed by atoms with Crippen molar-refractivity contribution in [2.45, 2.75) is 20.1 Å². The molecule has 30 heavy (non-hydrogen) atoms. The first-order valence-corrected chi connectivity index (χ1v) is 10.1. The molecule has 0 bridgehead atoms. The van der Waals surface area contributed by atoms with Gasteiger partial charge in [-0.15, -0.1) is 0 Å². The lowest BCUT2D eigenvalue weighted by Crippen LogP contribution is -2.00. The van der Waals surface area contributed by atoms with E-state index in [2.05, 4.69) is 11.1 Å². The van der Waals surface area contributed by atoms with E-state index in [1.807, 2.05) is 78.2 Å². The minimum Gasteiger partial charge on any atom is -0.487 e. The number of hydrogen-bond donors (Lipinski definition) is 0. The summed E-state index contributed by atoms with van der Waals surface area (Å²) >= 11 is 6.43. The summed E-state index contributed by atoms with van der Waals surface area (Å²) in [6.45, 7) is 3.21. The molecule has 0 amide bonds. The van der Waals surface area contributed by atoms with Crippen LogP contribution in [0.25, 0.3) is 22.7 Å². The van der Waals surface area contributed by atoms with Crippen molar-refractivity contribution in [3.05, 3.63) is 94.8 Å². The van der Waals surface area contributed by atoms with Gasteiger partial charge in [0.25, 0.3) is 0 Å². The first-order chi connectivity index (χ1) is 14.7. The molecule has 1 aromatic heterocycles. The minimum atomic E-state index is 0.444. The topological polar surface area (TPSA) is 50.8 Å². The number of imidazole rings is 1. The van der Waals surface area contributed by atoms with Gasteiger partial charge in [-0.3, -0.25) is 0 Å². The lowest BCUT2D eigenvalue weighted by atomic mass is 10.1. The number of rotatable bonds is 6. The van der Waals surface area contributed by atoms with E-state index in [1.54, 1.807) is 12.1 Å². The Morgan fingerprint density at radius 2 is 1.87 bits per heavy atom. The summed E-state index contributed by atoms with van der Waals surface area (Å²) in [5, 5.41) is 10.3.